The van der Waals surface area contributed by atoms with E-state index in [-0.39, 0.29) is 5.75 Å². The smallest absolute Gasteiger partial charge is 0.236 e. The third kappa shape index (κ3) is 3.65. The van der Waals surface area contributed by atoms with Gasteiger partial charge in [0.1, 0.15) is 5.82 Å². The Hall–Kier alpha value is -2.05. The molecule has 0 radical (unpaired) electrons. The summed E-state index contributed by atoms with van der Waals surface area (Å²) in [4.78, 5) is 7.56. The topological polar surface area (TPSA) is 74.8 Å². The van der Waals surface area contributed by atoms with Crippen LogP contribution in [0.15, 0.2) is 42.5 Å². The second-order valence-corrected chi connectivity index (χ2v) is 7.35. The summed E-state index contributed by atoms with van der Waals surface area (Å²) in [6.45, 7) is 2.00. The van der Waals surface area contributed by atoms with Gasteiger partial charge < -0.3 is 4.98 Å². The minimum absolute atomic E-state index is 0.173. The summed E-state index contributed by atoms with van der Waals surface area (Å²) in [7, 11) is -3.55. The van der Waals surface area contributed by atoms with Gasteiger partial charge in [0.2, 0.25) is 10.0 Å². The minimum atomic E-state index is -3.55. The maximum atomic E-state index is 12.3. The van der Waals surface area contributed by atoms with E-state index in [2.05, 4.69) is 14.7 Å². The Morgan fingerprint density at radius 1 is 1.22 bits per heavy atom. The number of imidazole rings is 1. The summed E-state index contributed by atoms with van der Waals surface area (Å²) >= 11 is 6.02. The molecule has 23 heavy (non-hydrogen) atoms. The normalized spacial score (nSPS) is 11.7. The molecule has 2 N–H and O–H groups in total. The molecule has 5 nitrogen and oxygen atoms in total. The Kier molecular flexibility index (Phi) is 4.28. The molecule has 0 aliphatic heterocycles. The molecule has 1 heterocycles. The van der Waals surface area contributed by atoms with Gasteiger partial charge in [0.25, 0.3) is 0 Å². The van der Waals surface area contributed by atoms with Crippen molar-refractivity contribution in [1.29, 1.82) is 0 Å². The number of hydrogen-bond acceptors (Lipinski definition) is 3. The molecule has 7 heteroatoms. The van der Waals surface area contributed by atoms with Gasteiger partial charge in [-0.25, -0.2) is 13.4 Å². The van der Waals surface area contributed by atoms with Gasteiger partial charge in [-0.1, -0.05) is 36.7 Å². The van der Waals surface area contributed by atoms with Crippen molar-refractivity contribution in [3.8, 4) is 0 Å². The lowest BCUT2D eigenvalue weighted by Gasteiger charge is -2.09. The zero-order valence-electron chi connectivity index (χ0n) is 12.5. The first kappa shape index (κ1) is 15.8. The van der Waals surface area contributed by atoms with E-state index in [9.17, 15) is 8.42 Å². The molecule has 1 aromatic heterocycles. The van der Waals surface area contributed by atoms with Gasteiger partial charge in [-0.2, -0.15) is 0 Å². The predicted molar refractivity (Wildman–Crippen MR) is 93.2 cm³/mol. The number of nitrogens with zero attached hydrogens (tertiary/aromatic N) is 1. The number of fused-ring (bicyclic) bond motifs is 1. The fraction of sp³-hybridized carbons (Fsp3) is 0.188. The third-order valence-electron chi connectivity index (χ3n) is 3.44. The highest BCUT2D eigenvalue weighted by atomic mass is 35.5. The second kappa shape index (κ2) is 6.22. The average molecular weight is 350 g/mol. The first-order valence-corrected chi connectivity index (χ1v) is 9.22. The Morgan fingerprint density at radius 3 is 2.74 bits per heavy atom. The quantitative estimate of drug-likeness (QED) is 0.737. The van der Waals surface area contributed by atoms with Gasteiger partial charge in [-0.3, -0.25) is 4.72 Å². The fourth-order valence-electron chi connectivity index (χ4n) is 2.33. The number of aryl methyl sites for hydroxylation is 1. The Morgan fingerprint density at radius 2 is 2.00 bits per heavy atom. The Labute approximate surface area is 139 Å². The summed E-state index contributed by atoms with van der Waals surface area (Å²) in [6, 6.07) is 12.1. The van der Waals surface area contributed by atoms with Gasteiger partial charge in [0, 0.05) is 11.4 Å². The van der Waals surface area contributed by atoms with Gasteiger partial charge in [0.05, 0.1) is 22.5 Å². The number of hydrogen-bond donors (Lipinski definition) is 2. The number of nitrogens with one attached hydrogen (secondary N) is 2. The third-order valence-corrected chi connectivity index (χ3v) is 5.05. The van der Waals surface area contributed by atoms with Gasteiger partial charge >= 0.3 is 0 Å². The molecule has 0 saturated heterocycles. The predicted octanol–water partition coefficient (Wildman–Crippen LogP) is 3.72. The highest BCUT2D eigenvalue weighted by Crippen LogP contribution is 2.21. The summed E-state index contributed by atoms with van der Waals surface area (Å²) in [5.74, 6) is 0.699. The van der Waals surface area contributed by atoms with Crippen molar-refractivity contribution in [2.24, 2.45) is 0 Å². The molecule has 120 valence electrons. The van der Waals surface area contributed by atoms with Crippen LogP contribution in [0.4, 0.5) is 5.69 Å². The highest BCUT2D eigenvalue weighted by molar-refractivity contribution is 7.91. The molecule has 0 amide bonds. The highest BCUT2D eigenvalue weighted by Gasteiger charge is 2.14. The van der Waals surface area contributed by atoms with Crippen LogP contribution in [-0.2, 0) is 22.2 Å². The van der Waals surface area contributed by atoms with E-state index in [1.54, 1.807) is 42.5 Å². The van der Waals surface area contributed by atoms with Crippen LogP contribution in [0, 0.1) is 0 Å². The van der Waals surface area contributed by atoms with E-state index in [0.29, 0.717) is 16.3 Å². The molecule has 3 rings (SSSR count). The van der Waals surface area contributed by atoms with Crippen LogP contribution in [0.1, 0.15) is 18.3 Å². The van der Waals surface area contributed by atoms with Crippen molar-refractivity contribution in [2.45, 2.75) is 19.1 Å². The van der Waals surface area contributed by atoms with E-state index < -0.39 is 10.0 Å². The lowest BCUT2D eigenvalue weighted by atomic mass is 10.2. The van der Waals surface area contributed by atoms with E-state index >= 15 is 0 Å². The zero-order valence-corrected chi connectivity index (χ0v) is 14.1. The molecule has 3 aromatic rings. The number of aromatic nitrogens is 2. The van der Waals surface area contributed by atoms with Crippen LogP contribution in [0.5, 0.6) is 0 Å². The van der Waals surface area contributed by atoms with Crippen molar-refractivity contribution in [3.63, 3.8) is 0 Å². The van der Waals surface area contributed by atoms with E-state index in [0.717, 1.165) is 23.3 Å². The molecule has 0 aliphatic carbocycles. The number of sulfonamides is 1. The van der Waals surface area contributed by atoms with Gasteiger partial charge in [-0.15, -0.1) is 0 Å². The van der Waals surface area contributed by atoms with Crippen LogP contribution in [0.2, 0.25) is 5.02 Å². The summed E-state index contributed by atoms with van der Waals surface area (Å²) in [6.07, 6.45) is 0.794. The number of rotatable bonds is 5. The van der Waals surface area contributed by atoms with Crippen molar-refractivity contribution < 1.29 is 8.42 Å². The number of H-pyrrole nitrogens is 1. The minimum Gasteiger partial charge on any atom is -0.342 e. The van der Waals surface area contributed by atoms with Crippen LogP contribution >= 0.6 is 11.6 Å². The van der Waals surface area contributed by atoms with Crippen LogP contribution in [0.25, 0.3) is 11.0 Å². The molecular weight excluding hydrogens is 334 g/mol. The Bertz CT molecular complexity index is 951. The first-order valence-electron chi connectivity index (χ1n) is 7.19. The molecule has 0 bridgehead atoms. The van der Waals surface area contributed by atoms with Gasteiger partial charge in [0.15, 0.2) is 0 Å². The van der Waals surface area contributed by atoms with Crippen LogP contribution in [0.3, 0.4) is 0 Å². The fourth-order valence-corrected chi connectivity index (χ4v) is 3.83. The SMILES string of the molecule is CCc1nc2ccc(NS(=O)(=O)Cc3ccccc3Cl)cc2[nH]1. The Balaban J connectivity index is 1.84. The summed E-state index contributed by atoms with van der Waals surface area (Å²) < 4.78 is 27.2. The first-order chi connectivity index (χ1) is 11.0. The number of aromatic amines is 1. The number of halogens is 1. The zero-order chi connectivity index (χ0) is 16.4. The standard InChI is InChI=1S/C16H16ClN3O2S/c1-2-16-18-14-8-7-12(9-15(14)19-16)20-23(21,22)10-11-5-3-4-6-13(11)17/h3-9,20H,2,10H2,1H3,(H,18,19). The molecule has 0 atom stereocenters. The van der Waals surface area contributed by atoms with Crippen molar-refractivity contribution in [2.75, 3.05) is 4.72 Å². The molecule has 0 aliphatic rings. The maximum absolute atomic E-state index is 12.3. The molecular formula is C16H16ClN3O2S. The lowest BCUT2D eigenvalue weighted by Crippen LogP contribution is -2.15. The lowest BCUT2D eigenvalue weighted by molar-refractivity contribution is 0.600. The van der Waals surface area contributed by atoms with Crippen molar-refractivity contribution >= 4 is 38.3 Å². The van der Waals surface area contributed by atoms with Crippen LogP contribution in [-0.4, -0.2) is 18.4 Å². The average Bonchev–Trinajstić information content (AvgIpc) is 2.91. The molecule has 2 aromatic carbocycles. The molecule has 0 saturated carbocycles. The van der Waals surface area contributed by atoms with E-state index in [1.807, 2.05) is 6.92 Å². The monoisotopic (exact) mass is 349 g/mol. The number of anilines is 1. The molecule has 0 fully saturated rings. The largest absolute Gasteiger partial charge is 0.342 e. The van der Waals surface area contributed by atoms with Gasteiger partial charge in [-0.05, 0) is 29.8 Å². The maximum Gasteiger partial charge on any atom is 0.236 e. The molecule has 0 spiro atoms. The molecule has 0 unspecified atom stereocenters. The van der Waals surface area contributed by atoms with E-state index in [4.69, 9.17) is 11.6 Å². The summed E-state index contributed by atoms with van der Waals surface area (Å²) in [5, 5.41) is 0.439. The van der Waals surface area contributed by atoms with Crippen molar-refractivity contribution in [1.82, 2.24) is 9.97 Å². The van der Waals surface area contributed by atoms with E-state index in [1.165, 1.54) is 0 Å². The number of benzene rings is 2. The van der Waals surface area contributed by atoms with Crippen LogP contribution < -0.4 is 4.72 Å². The summed E-state index contributed by atoms with van der Waals surface area (Å²) in [5.41, 5.74) is 2.68. The van der Waals surface area contributed by atoms with Crippen molar-refractivity contribution in [3.05, 3.63) is 58.9 Å². The second-order valence-electron chi connectivity index (χ2n) is 5.22.